The van der Waals surface area contributed by atoms with Gasteiger partial charge in [0.25, 0.3) is 6.43 Å². The van der Waals surface area contributed by atoms with Gasteiger partial charge in [-0.25, -0.2) is 23.1 Å². The second-order valence-corrected chi connectivity index (χ2v) is 3.93. The molecular weight excluding hydrogens is 249 g/mol. The van der Waals surface area contributed by atoms with E-state index in [-0.39, 0.29) is 18.9 Å². The number of hydrogen-bond donors (Lipinski definition) is 1. The van der Waals surface area contributed by atoms with Crippen LogP contribution in [0.15, 0.2) is 12.5 Å². The minimum Gasteiger partial charge on any atom is -0.352 e. The number of alkyl halides is 2. The van der Waals surface area contributed by atoms with Crippen LogP contribution in [0.25, 0.3) is 0 Å². The van der Waals surface area contributed by atoms with Gasteiger partial charge >= 0.3 is 0 Å². The maximum absolute atomic E-state index is 13.3. The van der Waals surface area contributed by atoms with E-state index in [0.29, 0.717) is 0 Å². The minimum atomic E-state index is -2.57. The van der Waals surface area contributed by atoms with Crippen molar-refractivity contribution in [3.05, 3.63) is 18.3 Å². The molecule has 0 saturated carbocycles. The molecule has 1 aliphatic heterocycles. The second kappa shape index (κ2) is 5.19. The molecule has 1 saturated heterocycles. The zero-order chi connectivity index (χ0) is 13.1. The summed E-state index contributed by atoms with van der Waals surface area (Å²) >= 11 is 0. The number of aromatic nitrogens is 2. The highest BCUT2D eigenvalue weighted by atomic mass is 19.3. The zero-order valence-corrected chi connectivity index (χ0v) is 9.31. The van der Waals surface area contributed by atoms with E-state index in [4.69, 9.17) is 0 Å². The van der Waals surface area contributed by atoms with Gasteiger partial charge in [0.15, 0.2) is 11.6 Å². The average molecular weight is 260 g/mol. The third kappa shape index (κ3) is 2.69. The molecule has 0 atom stereocenters. The van der Waals surface area contributed by atoms with E-state index < -0.39 is 30.6 Å². The van der Waals surface area contributed by atoms with Crippen molar-refractivity contribution in [1.29, 1.82) is 0 Å². The Morgan fingerprint density at radius 1 is 1.56 bits per heavy atom. The van der Waals surface area contributed by atoms with Gasteiger partial charge < -0.3 is 10.2 Å². The average Bonchev–Trinajstić information content (AvgIpc) is 2.27. The van der Waals surface area contributed by atoms with E-state index in [2.05, 4.69) is 15.3 Å². The molecule has 1 aliphatic rings. The van der Waals surface area contributed by atoms with Crippen LogP contribution in [0.3, 0.4) is 0 Å². The van der Waals surface area contributed by atoms with Crippen molar-refractivity contribution in [2.45, 2.75) is 6.43 Å². The van der Waals surface area contributed by atoms with Crippen molar-refractivity contribution in [2.24, 2.45) is 5.92 Å². The van der Waals surface area contributed by atoms with Gasteiger partial charge in [0, 0.05) is 13.1 Å². The molecule has 1 aromatic rings. The number of anilines is 1. The topological polar surface area (TPSA) is 58.1 Å². The van der Waals surface area contributed by atoms with E-state index in [1.54, 1.807) is 4.90 Å². The lowest BCUT2D eigenvalue weighted by molar-refractivity contribution is -0.126. The Labute approximate surface area is 101 Å². The number of carbonyl (C=O) groups excluding carboxylic acids is 1. The van der Waals surface area contributed by atoms with Crippen molar-refractivity contribution in [2.75, 3.05) is 24.5 Å². The number of amides is 1. The molecule has 0 aliphatic carbocycles. The van der Waals surface area contributed by atoms with Crippen LogP contribution in [0.4, 0.5) is 19.0 Å². The number of nitrogens with zero attached hydrogens (tertiary/aromatic N) is 3. The first-order valence-corrected chi connectivity index (χ1v) is 5.34. The minimum absolute atomic E-state index is 0.128. The lowest BCUT2D eigenvalue weighted by Gasteiger charge is -2.38. The van der Waals surface area contributed by atoms with Crippen molar-refractivity contribution in [3.8, 4) is 0 Å². The predicted molar refractivity (Wildman–Crippen MR) is 56.7 cm³/mol. The molecule has 0 unspecified atom stereocenters. The summed E-state index contributed by atoms with van der Waals surface area (Å²) in [4.78, 5) is 20.2. The van der Waals surface area contributed by atoms with Gasteiger partial charge in [-0.2, -0.15) is 0 Å². The van der Waals surface area contributed by atoms with Crippen molar-refractivity contribution in [3.63, 3.8) is 0 Å². The number of nitrogens with one attached hydrogen (secondary N) is 1. The summed E-state index contributed by atoms with van der Waals surface area (Å²) in [5.41, 5.74) is 0. The highest BCUT2D eigenvalue weighted by Crippen LogP contribution is 2.24. The lowest BCUT2D eigenvalue weighted by Crippen LogP contribution is -2.54. The largest absolute Gasteiger partial charge is 0.352 e. The summed E-state index contributed by atoms with van der Waals surface area (Å²) in [6.45, 7) is -0.122. The van der Waals surface area contributed by atoms with Crippen molar-refractivity contribution >= 4 is 11.7 Å². The molecule has 98 valence electrons. The van der Waals surface area contributed by atoms with Gasteiger partial charge in [-0.05, 0) is 0 Å². The summed E-state index contributed by atoms with van der Waals surface area (Å²) < 4.78 is 37.0. The normalized spacial score (nSPS) is 15.7. The van der Waals surface area contributed by atoms with E-state index in [1.807, 2.05) is 0 Å². The summed E-state index contributed by atoms with van der Waals surface area (Å²) in [6.07, 6.45) is -0.320. The third-order valence-electron chi connectivity index (χ3n) is 2.63. The molecule has 5 nitrogen and oxygen atoms in total. The number of hydrogen-bond acceptors (Lipinski definition) is 4. The Balaban J connectivity index is 1.84. The van der Waals surface area contributed by atoms with Crippen LogP contribution in [0.5, 0.6) is 0 Å². The molecule has 2 rings (SSSR count). The maximum Gasteiger partial charge on any atom is 0.255 e. The Hall–Kier alpha value is -1.86. The van der Waals surface area contributed by atoms with E-state index in [1.165, 1.54) is 6.33 Å². The quantitative estimate of drug-likeness (QED) is 0.853. The van der Waals surface area contributed by atoms with Gasteiger partial charge in [0.2, 0.25) is 5.91 Å². The van der Waals surface area contributed by atoms with Crippen LogP contribution in [0.2, 0.25) is 0 Å². The van der Waals surface area contributed by atoms with Gasteiger partial charge in [0.05, 0.1) is 18.7 Å². The van der Waals surface area contributed by atoms with Gasteiger partial charge in [-0.1, -0.05) is 0 Å². The second-order valence-electron chi connectivity index (χ2n) is 3.93. The molecule has 1 fully saturated rings. The molecule has 18 heavy (non-hydrogen) atoms. The first-order valence-electron chi connectivity index (χ1n) is 5.34. The monoisotopic (exact) mass is 260 g/mol. The fraction of sp³-hybridized carbons (Fsp3) is 0.500. The molecule has 1 N–H and O–H groups in total. The molecule has 0 bridgehead atoms. The summed E-state index contributed by atoms with van der Waals surface area (Å²) in [5.74, 6) is -1.29. The summed E-state index contributed by atoms with van der Waals surface area (Å²) in [5, 5.41) is 2.13. The maximum atomic E-state index is 13.3. The third-order valence-corrected chi connectivity index (χ3v) is 2.63. The van der Waals surface area contributed by atoms with Crippen LogP contribution in [0, 0.1) is 11.7 Å². The van der Waals surface area contributed by atoms with Crippen molar-refractivity contribution in [1.82, 2.24) is 15.3 Å². The molecule has 2 heterocycles. The molecule has 1 amide bonds. The van der Waals surface area contributed by atoms with E-state index in [9.17, 15) is 18.0 Å². The van der Waals surface area contributed by atoms with Gasteiger partial charge in [-0.3, -0.25) is 4.79 Å². The molecule has 0 radical (unpaired) electrons. The fourth-order valence-electron chi connectivity index (χ4n) is 1.68. The fourth-order valence-corrected chi connectivity index (χ4v) is 1.68. The summed E-state index contributed by atoms with van der Waals surface area (Å²) in [7, 11) is 0. The molecule has 1 aromatic heterocycles. The molecule has 0 spiro atoms. The highest BCUT2D eigenvalue weighted by molar-refractivity contribution is 5.81. The van der Waals surface area contributed by atoms with Crippen LogP contribution >= 0.6 is 0 Å². The van der Waals surface area contributed by atoms with E-state index >= 15 is 0 Å². The first kappa shape index (κ1) is 12.6. The predicted octanol–water partition coefficient (Wildman–Crippen LogP) is 0.433. The molecule has 8 heteroatoms. The van der Waals surface area contributed by atoms with Crippen LogP contribution < -0.4 is 10.2 Å². The summed E-state index contributed by atoms with van der Waals surface area (Å²) in [6, 6.07) is 0. The smallest absolute Gasteiger partial charge is 0.255 e. The standard InChI is InChI=1S/C10H11F3N4O/c11-7-1-14-5-16-9(7)17-3-6(4-17)10(18)15-2-8(12)13/h1,5-6,8H,2-4H2,(H,15,18). The zero-order valence-electron chi connectivity index (χ0n) is 9.31. The van der Waals surface area contributed by atoms with Crippen LogP contribution in [-0.4, -0.2) is 41.9 Å². The SMILES string of the molecule is O=C(NCC(F)F)C1CN(c2ncncc2F)C1. The van der Waals surface area contributed by atoms with E-state index in [0.717, 1.165) is 6.20 Å². The Morgan fingerprint density at radius 2 is 2.28 bits per heavy atom. The Kier molecular flexibility index (Phi) is 3.63. The number of rotatable bonds is 4. The lowest BCUT2D eigenvalue weighted by atomic mass is 9.99. The molecular formula is C10H11F3N4O. The number of carbonyl (C=O) groups is 1. The van der Waals surface area contributed by atoms with Crippen molar-refractivity contribution < 1.29 is 18.0 Å². The Bertz CT molecular complexity index is 437. The number of halogens is 3. The Morgan fingerprint density at radius 3 is 2.89 bits per heavy atom. The highest BCUT2D eigenvalue weighted by Gasteiger charge is 2.34. The van der Waals surface area contributed by atoms with Crippen LogP contribution in [-0.2, 0) is 4.79 Å². The van der Waals surface area contributed by atoms with Gasteiger partial charge in [-0.15, -0.1) is 0 Å². The molecule has 0 aromatic carbocycles. The van der Waals surface area contributed by atoms with Gasteiger partial charge in [0.1, 0.15) is 6.33 Å². The first-order chi connectivity index (χ1) is 8.58. The van der Waals surface area contributed by atoms with Crippen LogP contribution in [0.1, 0.15) is 0 Å².